The van der Waals surface area contributed by atoms with Crippen molar-refractivity contribution in [2.75, 3.05) is 22.4 Å². The van der Waals surface area contributed by atoms with Gasteiger partial charge in [0.05, 0.1) is 17.0 Å². The molecule has 0 unspecified atom stereocenters. The number of nitrogens with one attached hydrogen (secondary N) is 1. The van der Waals surface area contributed by atoms with Crippen LogP contribution in [0.25, 0.3) is 10.8 Å². The molecule has 156 valence electrons. The van der Waals surface area contributed by atoms with Crippen LogP contribution in [0.3, 0.4) is 0 Å². The summed E-state index contributed by atoms with van der Waals surface area (Å²) in [6.07, 6.45) is 3.80. The minimum atomic E-state index is -3.51. The van der Waals surface area contributed by atoms with Crippen LogP contribution < -0.4 is 9.62 Å². The number of hydrogen-bond acceptors (Lipinski definition) is 3. The van der Waals surface area contributed by atoms with Crippen molar-refractivity contribution in [3.05, 3.63) is 70.7 Å². The number of rotatable bonds is 7. The van der Waals surface area contributed by atoms with Gasteiger partial charge in [-0.1, -0.05) is 48.0 Å². The molecule has 0 atom stereocenters. The van der Waals surface area contributed by atoms with E-state index in [0.717, 1.165) is 30.2 Å². The lowest BCUT2D eigenvalue weighted by Gasteiger charge is -2.23. The molecule has 0 bridgehead atoms. The van der Waals surface area contributed by atoms with E-state index in [0.29, 0.717) is 17.1 Å². The molecular formula is C23H23ClN2O3S. The Kier molecular flexibility index (Phi) is 5.71. The number of anilines is 2. The van der Waals surface area contributed by atoms with Crippen LogP contribution >= 0.6 is 11.6 Å². The van der Waals surface area contributed by atoms with Crippen molar-refractivity contribution in [2.45, 2.75) is 25.7 Å². The van der Waals surface area contributed by atoms with Gasteiger partial charge < -0.3 is 5.32 Å². The van der Waals surface area contributed by atoms with E-state index in [1.54, 1.807) is 24.3 Å². The maximum Gasteiger partial charge on any atom is 0.232 e. The predicted molar refractivity (Wildman–Crippen MR) is 123 cm³/mol. The molecule has 4 rings (SSSR count). The van der Waals surface area contributed by atoms with E-state index in [1.807, 2.05) is 18.2 Å². The second-order valence-electron chi connectivity index (χ2n) is 7.55. The highest BCUT2D eigenvalue weighted by Gasteiger charge is 2.20. The maximum atomic E-state index is 12.6. The molecule has 1 aliphatic carbocycles. The van der Waals surface area contributed by atoms with Crippen molar-refractivity contribution >= 4 is 49.7 Å². The molecule has 3 aromatic carbocycles. The quantitative estimate of drug-likeness (QED) is 0.572. The van der Waals surface area contributed by atoms with Crippen LogP contribution in [0.1, 0.15) is 24.0 Å². The summed E-state index contributed by atoms with van der Waals surface area (Å²) in [7, 11) is -3.51. The van der Waals surface area contributed by atoms with Gasteiger partial charge in [-0.25, -0.2) is 8.42 Å². The zero-order valence-electron chi connectivity index (χ0n) is 16.7. The Labute approximate surface area is 181 Å². The molecule has 5 nitrogen and oxygen atoms in total. The molecule has 0 heterocycles. The smallest absolute Gasteiger partial charge is 0.232 e. The summed E-state index contributed by atoms with van der Waals surface area (Å²) in [6, 6.07) is 17.0. The maximum absolute atomic E-state index is 12.6. The van der Waals surface area contributed by atoms with Gasteiger partial charge in [-0.15, -0.1) is 0 Å². The van der Waals surface area contributed by atoms with E-state index >= 15 is 0 Å². The first-order valence-corrected chi connectivity index (χ1v) is 12.1. The largest absolute Gasteiger partial charge is 0.326 e. The summed E-state index contributed by atoms with van der Waals surface area (Å²) in [4.78, 5) is 12.6. The summed E-state index contributed by atoms with van der Waals surface area (Å²) in [6.45, 7) is 0.180. The highest BCUT2D eigenvalue weighted by atomic mass is 35.5. The Balaban J connectivity index is 1.44. The van der Waals surface area contributed by atoms with Crippen molar-refractivity contribution in [3.8, 4) is 0 Å². The van der Waals surface area contributed by atoms with Crippen LogP contribution in [-0.2, 0) is 27.7 Å². The molecule has 0 spiro atoms. The van der Waals surface area contributed by atoms with Gasteiger partial charge in [-0.05, 0) is 54.0 Å². The van der Waals surface area contributed by atoms with Crippen LogP contribution in [0.4, 0.5) is 11.4 Å². The number of amides is 1. The Hall–Kier alpha value is -2.57. The van der Waals surface area contributed by atoms with Gasteiger partial charge in [-0.3, -0.25) is 9.10 Å². The van der Waals surface area contributed by atoms with E-state index < -0.39 is 10.0 Å². The van der Waals surface area contributed by atoms with Crippen LogP contribution in [0.5, 0.6) is 0 Å². The average molecular weight is 443 g/mol. The fraction of sp³-hybridized carbons (Fsp3) is 0.261. The van der Waals surface area contributed by atoms with Gasteiger partial charge in [-0.2, -0.15) is 0 Å². The number of aryl methyl sites for hydroxylation is 2. The van der Waals surface area contributed by atoms with Crippen molar-refractivity contribution in [1.29, 1.82) is 0 Å². The van der Waals surface area contributed by atoms with Crippen molar-refractivity contribution in [2.24, 2.45) is 0 Å². The zero-order valence-corrected chi connectivity index (χ0v) is 18.3. The normalized spacial score (nSPS) is 12.9. The second-order valence-corrected chi connectivity index (χ2v) is 9.86. The molecule has 0 aliphatic heterocycles. The van der Waals surface area contributed by atoms with Crippen LogP contribution in [-0.4, -0.2) is 27.1 Å². The number of sulfonamides is 1. The van der Waals surface area contributed by atoms with Crippen molar-refractivity contribution in [1.82, 2.24) is 0 Å². The van der Waals surface area contributed by atoms with E-state index in [4.69, 9.17) is 11.6 Å². The number of carbonyl (C=O) groups is 1. The Morgan fingerprint density at radius 2 is 1.77 bits per heavy atom. The zero-order chi connectivity index (χ0) is 21.3. The molecule has 30 heavy (non-hydrogen) atoms. The summed E-state index contributed by atoms with van der Waals surface area (Å²) < 4.78 is 25.7. The molecule has 0 radical (unpaired) electrons. The first-order chi connectivity index (χ1) is 14.3. The lowest BCUT2D eigenvalue weighted by molar-refractivity contribution is -0.116. The van der Waals surface area contributed by atoms with E-state index in [2.05, 4.69) is 17.4 Å². The van der Waals surface area contributed by atoms with Gasteiger partial charge in [0.2, 0.25) is 15.9 Å². The lowest BCUT2D eigenvalue weighted by Crippen LogP contribution is -2.31. The van der Waals surface area contributed by atoms with Gasteiger partial charge in [0.25, 0.3) is 0 Å². The molecule has 0 saturated carbocycles. The molecule has 3 aromatic rings. The highest BCUT2D eigenvalue weighted by molar-refractivity contribution is 7.92. The molecule has 0 aromatic heterocycles. The van der Waals surface area contributed by atoms with E-state index in [1.165, 1.54) is 20.8 Å². The highest BCUT2D eigenvalue weighted by Crippen LogP contribution is 2.35. The summed E-state index contributed by atoms with van der Waals surface area (Å²) in [5, 5.41) is 5.67. The van der Waals surface area contributed by atoms with Gasteiger partial charge in [0.1, 0.15) is 0 Å². The molecule has 0 saturated heterocycles. The fourth-order valence-electron chi connectivity index (χ4n) is 4.07. The monoisotopic (exact) mass is 442 g/mol. The second kappa shape index (κ2) is 8.28. The molecule has 1 aliphatic rings. The minimum absolute atomic E-state index is 0.138. The number of para-hydroxylation sites is 1. The lowest BCUT2D eigenvalue weighted by atomic mass is 10.0. The summed E-state index contributed by atoms with van der Waals surface area (Å²) in [5.41, 5.74) is 3.87. The third-order valence-electron chi connectivity index (χ3n) is 5.44. The fourth-order valence-corrected chi connectivity index (χ4v) is 5.34. The standard InChI is InChI=1S/C23H23ClN2O3S/c1-30(28,29)26(21-9-3-2-8-19(21)24)15-5-10-22(27)25-20-14-13-17-12-11-16-6-4-7-18(20)23(16)17/h2-4,6-9,13-14H,5,10-12,15H2,1H3,(H,25,27). The number of benzene rings is 3. The first-order valence-electron chi connectivity index (χ1n) is 9.90. The van der Waals surface area contributed by atoms with E-state index in [-0.39, 0.29) is 18.9 Å². The van der Waals surface area contributed by atoms with Gasteiger partial charge in [0.15, 0.2) is 0 Å². The number of hydrogen-bond donors (Lipinski definition) is 1. The topological polar surface area (TPSA) is 66.5 Å². The molecule has 7 heteroatoms. The predicted octanol–water partition coefficient (Wildman–Crippen LogP) is 4.78. The number of nitrogens with zero attached hydrogens (tertiary/aromatic N) is 1. The van der Waals surface area contributed by atoms with Gasteiger partial charge >= 0.3 is 0 Å². The molecule has 1 N–H and O–H groups in total. The van der Waals surface area contributed by atoms with Crippen LogP contribution in [0, 0.1) is 0 Å². The molecular weight excluding hydrogens is 420 g/mol. The molecule has 1 amide bonds. The van der Waals surface area contributed by atoms with Crippen molar-refractivity contribution in [3.63, 3.8) is 0 Å². The number of halogens is 1. The number of carbonyl (C=O) groups excluding carboxylic acids is 1. The average Bonchev–Trinajstić information content (AvgIpc) is 3.12. The summed E-state index contributed by atoms with van der Waals surface area (Å²) in [5.74, 6) is -0.138. The SMILES string of the molecule is CS(=O)(=O)N(CCCC(=O)Nc1ccc2c3c(cccc13)CC2)c1ccccc1Cl. The molecule has 0 fully saturated rings. The third-order valence-corrected chi connectivity index (χ3v) is 6.94. The van der Waals surface area contributed by atoms with Crippen LogP contribution in [0.2, 0.25) is 5.02 Å². The Morgan fingerprint density at radius 3 is 2.50 bits per heavy atom. The van der Waals surface area contributed by atoms with E-state index in [9.17, 15) is 13.2 Å². The first kappa shape index (κ1) is 20.7. The Morgan fingerprint density at radius 1 is 1.03 bits per heavy atom. The minimum Gasteiger partial charge on any atom is -0.326 e. The summed E-state index contributed by atoms with van der Waals surface area (Å²) >= 11 is 6.17. The third kappa shape index (κ3) is 4.16. The Bertz CT molecular complexity index is 1210. The van der Waals surface area contributed by atoms with Crippen LogP contribution in [0.15, 0.2) is 54.6 Å². The van der Waals surface area contributed by atoms with Crippen molar-refractivity contribution < 1.29 is 13.2 Å². The van der Waals surface area contributed by atoms with Gasteiger partial charge in [0, 0.05) is 24.0 Å².